The van der Waals surface area contributed by atoms with Gasteiger partial charge in [-0.05, 0) is 49.2 Å². The van der Waals surface area contributed by atoms with E-state index in [1.54, 1.807) is 24.3 Å². The van der Waals surface area contributed by atoms with E-state index >= 15 is 0 Å². The maximum absolute atomic E-state index is 12.4. The first kappa shape index (κ1) is 16.5. The van der Waals surface area contributed by atoms with Gasteiger partial charge in [0.15, 0.2) is 0 Å². The molecule has 0 atom stereocenters. The second kappa shape index (κ2) is 6.96. The van der Waals surface area contributed by atoms with E-state index in [0.717, 1.165) is 11.1 Å². The lowest BCUT2D eigenvalue weighted by Crippen LogP contribution is -2.14. The number of carbonyl (C=O) groups excluding carboxylic acids is 2. The van der Waals surface area contributed by atoms with Gasteiger partial charge in [-0.15, -0.1) is 0 Å². The average molecular weight is 312 g/mol. The smallest absolute Gasteiger partial charge is 0.255 e. The number of hydrogen-bond acceptors (Lipinski definition) is 3. The summed E-state index contributed by atoms with van der Waals surface area (Å²) >= 11 is 0. The van der Waals surface area contributed by atoms with Gasteiger partial charge < -0.3 is 15.4 Å². The molecule has 0 saturated heterocycles. The van der Waals surface area contributed by atoms with E-state index < -0.39 is 0 Å². The molecule has 2 N–H and O–H groups in total. The van der Waals surface area contributed by atoms with Crippen molar-refractivity contribution >= 4 is 23.2 Å². The van der Waals surface area contributed by atoms with E-state index in [4.69, 9.17) is 4.74 Å². The Balaban J connectivity index is 2.27. The molecular weight excluding hydrogens is 292 g/mol. The van der Waals surface area contributed by atoms with Crippen molar-refractivity contribution < 1.29 is 14.3 Å². The molecule has 23 heavy (non-hydrogen) atoms. The molecule has 0 fully saturated rings. The van der Waals surface area contributed by atoms with Crippen LogP contribution in [0.4, 0.5) is 11.4 Å². The quantitative estimate of drug-likeness (QED) is 0.907. The third kappa shape index (κ3) is 3.88. The fourth-order valence-corrected chi connectivity index (χ4v) is 2.27. The summed E-state index contributed by atoms with van der Waals surface area (Å²) in [6.07, 6.45) is 0. The Morgan fingerprint density at radius 2 is 1.78 bits per heavy atom. The SMILES string of the molecule is COc1ccc(NC(=O)c2cccc(C)c2C)cc1NC(C)=O. The van der Waals surface area contributed by atoms with Gasteiger partial charge in [-0.25, -0.2) is 0 Å². The summed E-state index contributed by atoms with van der Waals surface area (Å²) in [4.78, 5) is 23.7. The molecule has 120 valence electrons. The fourth-order valence-electron chi connectivity index (χ4n) is 2.27. The van der Waals surface area contributed by atoms with Gasteiger partial charge in [0.2, 0.25) is 5.91 Å². The Bertz CT molecular complexity index is 754. The Labute approximate surface area is 135 Å². The minimum Gasteiger partial charge on any atom is -0.495 e. The lowest BCUT2D eigenvalue weighted by molar-refractivity contribution is -0.114. The number of aryl methyl sites for hydroxylation is 1. The van der Waals surface area contributed by atoms with E-state index in [9.17, 15) is 9.59 Å². The van der Waals surface area contributed by atoms with Gasteiger partial charge in [-0.1, -0.05) is 12.1 Å². The first-order chi connectivity index (χ1) is 10.9. The molecule has 0 unspecified atom stereocenters. The summed E-state index contributed by atoms with van der Waals surface area (Å²) in [6, 6.07) is 10.7. The van der Waals surface area contributed by atoms with Crippen LogP contribution in [-0.4, -0.2) is 18.9 Å². The van der Waals surface area contributed by atoms with Crippen molar-refractivity contribution in [2.45, 2.75) is 20.8 Å². The molecule has 0 aliphatic heterocycles. The zero-order valence-corrected chi connectivity index (χ0v) is 13.7. The van der Waals surface area contributed by atoms with Gasteiger partial charge in [-0.2, -0.15) is 0 Å². The Morgan fingerprint density at radius 3 is 2.43 bits per heavy atom. The number of methoxy groups -OCH3 is 1. The third-order valence-corrected chi connectivity index (χ3v) is 3.62. The molecule has 5 nitrogen and oxygen atoms in total. The highest BCUT2D eigenvalue weighted by molar-refractivity contribution is 6.06. The van der Waals surface area contributed by atoms with Crippen LogP contribution in [0.1, 0.15) is 28.4 Å². The summed E-state index contributed by atoms with van der Waals surface area (Å²) in [6.45, 7) is 5.30. The number of carbonyl (C=O) groups is 2. The van der Waals surface area contributed by atoms with Crippen molar-refractivity contribution in [1.82, 2.24) is 0 Å². The van der Waals surface area contributed by atoms with Gasteiger partial charge in [0.25, 0.3) is 5.91 Å². The monoisotopic (exact) mass is 312 g/mol. The molecule has 2 rings (SSSR count). The maximum Gasteiger partial charge on any atom is 0.255 e. The van der Waals surface area contributed by atoms with Gasteiger partial charge in [0.05, 0.1) is 12.8 Å². The molecular formula is C18H20N2O3. The molecule has 5 heteroatoms. The van der Waals surface area contributed by atoms with Crippen LogP contribution in [0.25, 0.3) is 0 Å². The van der Waals surface area contributed by atoms with Crippen molar-refractivity contribution in [2.75, 3.05) is 17.7 Å². The number of ether oxygens (including phenoxy) is 1. The number of nitrogens with one attached hydrogen (secondary N) is 2. The maximum atomic E-state index is 12.4. The molecule has 2 amide bonds. The topological polar surface area (TPSA) is 67.4 Å². The van der Waals surface area contributed by atoms with Crippen molar-refractivity contribution in [3.8, 4) is 5.75 Å². The van der Waals surface area contributed by atoms with Crippen molar-refractivity contribution in [3.63, 3.8) is 0 Å². The number of hydrogen-bond donors (Lipinski definition) is 2. The minimum absolute atomic E-state index is 0.190. The molecule has 2 aromatic rings. The lowest BCUT2D eigenvalue weighted by Gasteiger charge is -2.13. The number of amides is 2. The van der Waals surface area contributed by atoms with Crippen LogP contribution in [0, 0.1) is 13.8 Å². The molecule has 0 aromatic heterocycles. The molecule has 0 spiro atoms. The van der Waals surface area contributed by atoms with Crippen molar-refractivity contribution in [2.24, 2.45) is 0 Å². The molecule has 0 heterocycles. The van der Waals surface area contributed by atoms with Gasteiger partial charge >= 0.3 is 0 Å². The zero-order valence-electron chi connectivity index (χ0n) is 13.7. The molecule has 0 aliphatic carbocycles. The summed E-state index contributed by atoms with van der Waals surface area (Å²) in [5, 5.41) is 5.53. The van der Waals surface area contributed by atoms with E-state index in [1.807, 2.05) is 26.0 Å². The van der Waals surface area contributed by atoms with Crippen molar-refractivity contribution in [1.29, 1.82) is 0 Å². The molecule has 0 aliphatic rings. The van der Waals surface area contributed by atoms with Crippen molar-refractivity contribution in [3.05, 3.63) is 53.1 Å². The molecule has 2 aromatic carbocycles. The van der Waals surface area contributed by atoms with Gasteiger partial charge in [0.1, 0.15) is 5.75 Å². The predicted molar refractivity (Wildman–Crippen MR) is 91.2 cm³/mol. The standard InChI is InChI=1S/C18H20N2O3/c1-11-6-5-7-15(12(11)2)18(22)20-14-8-9-17(23-4)16(10-14)19-13(3)21/h5-10H,1-4H3,(H,19,21)(H,20,22). The van der Waals surface area contributed by atoms with E-state index in [0.29, 0.717) is 22.7 Å². The summed E-state index contributed by atoms with van der Waals surface area (Å²) in [5.41, 5.74) is 3.73. The van der Waals surface area contributed by atoms with Crippen LogP contribution >= 0.6 is 0 Å². The molecule has 0 radical (unpaired) electrons. The van der Waals surface area contributed by atoms with Gasteiger partial charge in [-0.3, -0.25) is 9.59 Å². The summed E-state index contributed by atoms with van der Waals surface area (Å²) in [7, 11) is 1.52. The Hall–Kier alpha value is -2.82. The number of rotatable bonds is 4. The van der Waals surface area contributed by atoms with Crippen LogP contribution < -0.4 is 15.4 Å². The van der Waals surface area contributed by atoms with Crippen LogP contribution in [0.2, 0.25) is 0 Å². The fraction of sp³-hybridized carbons (Fsp3) is 0.222. The number of benzene rings is 2. The van der Waals surface area contributed by atoms with Crippen LogP contribution in [0.3, 0.4) is 0 Å². The third-order valence-electron chi connectivity index (χ3n) is 3.62. The highest BCUT2D eigenvalue weighted by Gasteiger charge is 2.12. The highest BCUT2D eigenvalue weighted by Crippen LogP contribution is 2.28. The average Bonchev–Trinajstić information content (AvgIpc) is 2.49. The van der Waals surface area contributed by atoms with E-state index in [-0.39, 0.29) is 11.8 Å². The van der Waals surface area contributed by atoms with Gasteiger partial charge in [0, 0.05) is 18.2 Å². The Morgan fingerprint density at radius 1 is 1.04 bits per heavy atom. The minimum atomic E-state index is -0.207. The lowest BCUT2D eigenvalue weighted by atomic mass is 10.0. The van der Waals surface area contributed by atoms with Crippen LogP contribution in [-0.2, 0) is 4.79 Å². The second-order valence-electron chi connectivity index (χ2n) is 5.30. The first-order valence-electron chi connectivity index (χ1n) is 7.25. The van der Waals surface area contributed by atoms with E-state index in [1.165, 1.54) is 14.0 Å². The largest absolute Gasteiger partial charge is 0.495 e. The summed E-state index contributed by atoms with van der Waals surface area (Å²) in [5.74, 6) is 0.136. The van der Waals surface area contributed by atoms with Crippen LogP contribution in [0.15, 0.2) is 36.4 Å². The Kier molecular flexibility index (Phi) is 5.01. The normalized spacial score (nSPS) is 10.1. The van der Waals surface area contributed by atoms with E-state index in [2.05, 4.69) is 10.6 Å². The first-order valence-corrected chi connectivity index (χ1v) is 7.25. The van der Waals surface area contributed by atoms with Crippen LogP contribution in [0.5, 0.6) is 5.75 Å². The zero-order chi connectivity index (χ0) is 17.0. The second-order valence-corrected chi connectivity index (χ2v) is 5.30. The highest BCUT2D eigenvalue weighted by atomic mass is 16.5. The predicted octanol–water partition coefficient (Wildman–Crippen LogP) is 3.52. The summed E-state index contributed by atoms with van der Waals surface area (Å²) < 4.78 is 5.20. The molecule has 0 saturated carbocycles. The molecule has 0 bridgehead atoms. The number of anilines is 2.